The fourth-order valence-corrected chi connectivity index (χ4v) is 3.79. The third kappa shape index (κ3) is 2.45. The monoisotopic (exact) mass is 310 g/mol. The number of rotatable bonds is 2. The number of halogens is 1. The van der Waals surface area contributed by atoms with Crippen LogP contribution in [0.5, 0.6) is 0 Å². The van der Waals surface area contributed by atoms with Crippen molar-refractivity contribution in [2.75, 3.05) is 18.5 Å². The summed E-state index contributed by atoms with van der Waals surface area (Å²) in [7, 11) is 0. The van der Waals surface area contributed by atoms with Crippen molar-refractivity contribution in [3.05, 3.63) is 29.3 Å². The summed E-state index contributed by atoms with van der Waals surface area (Å²) in [4.78, 5) is 16.4. The SMILES string of the molecule is CC1([C@H]2CCOC2)SC(Nc2ccccc2Cl)=NC1=O. The summed E-state index contributed by atoms with van der Waals surface area (Å²) < 4.78 is 4.87. The van der Waals surface area contributed by atoms with Crippen molar-refractivity contribution in [1.29, 1.82) is 0 Å². The average Bonchev–Trinajstić information content (AvgIpc) is 3.03. The highest BCUT2D eigenvalue weighted by Gasteiger charge is 2.48. The van der Waals surface area contributed by atoms with Crippen molar-refractivity contribution < 1.29 is 9.53 Å². The molecule has 1 aromatic rings. The largest absolute Gasteiger partial charge is 0.381 e. The second kappa shape index (κ2) is 5.39. The molecule has 1 unspecified atom stereocenters. The number of para-hydroxylation sites is 1. The number of nitrogens with zero attached hydrogens (tertiary/aromatic N) is 1. The summed E-state index contributed by atoms with van der Waals surface area (Å²) in [6, 6.07) is 7.42. The fraction of sp³-hybridized carbons (Fsp3) is 0.429. The minimum atomic E-state index is -0.528. The lowest BCUT2D eigenvalue weighted by atomic mass is 9.92. The number of benzene rings is 1. The predicted octanol–water partition coefficient (Wildman–Crippen LogP) is 3.18. The maximum atomic E-state index is 12.2. The Morgan fingerprint density at radius 1 is 1.50 bits per heavy atom. The fourth-order valence-electron chi connectivity index (χ4n) is 2.43. The van der Waals surface area contributed by atoms with Crippen LogP contribution in [0.1, 0.15) is 13.3 Å². The highest BCUT2D eigenvalue weighted by molar-refractivity contribution is 8.16. The van der Waals surface area contributed by atoms with Crippen LogP contribution in [-0.4, -0.2) is 29.0 Å². The summed E-state index contributed by atoms with van der Waals surface area (Å²) in [5, 5.41) is 4.36. The zero-order valence-corrected chi connectivity index (χ0v) is 12.6. The highest BCUT2D eigenvalue weighted by Crippen LogP contribution is 2.43. The molecule has 1 saturated heterocycles. The molecule has 1 N–H and O–H groups in total. The molecule has 6 heteroatoms. The molecule has 3 rings (SSSR count). The van der Waals surface area contributed by atoms with Crippen LogP contribution in [0.4, 0.5) is 5.69 Å². The quantitative estimate of drug-likeness (QED) is 0.911. The van der Waals surface area contributed by atoms with Crippen LogP contribution in [0, 0.1) is 5.92 Å². The third-order valence-corrected chi connectivity index (χ3v) is 5.41. The molecule has 1 fully saturated rings. The van der Waals surface area contributed by atoms with E-state index in [1.54, 1.807) is 6.07 Å². The molecule has 2 aliphatic heterocycles. The molecule has 0 aliphatic carbocycles. The van der Waals surface area contributed by atoms with Crippen molar-refractivity contribution in [3.63, 3.8) is 0 Å². The number of carbonyl (C=O) groups excluding carboxylic acids is 1. The van der Waals surface area contributed by atoms with Gasteiger partial charge in [0.2, 0.25) is 0 Å². The number of anilines is 1. The van der Waals surface area contributed by atoms with Crippen LogP contribution in [0.15, 0.2) is 29.3 Å². The number of amides is 1. The summed E-state index contributed by atoms with van der Waals surface area (Å²) in [6.07, 6.45) is 0.907. The standard InChI is InChI=1S/C14H15ClN2O2S/c1-14(9-6-7-19-8-9)12(18)17-13(20-14)16-11-5-3-2-4-10(11)15/h2-5,9H,6-8H2,1H3,(H,16,17,18)/t9-,14?/m0/s1. The van der Waals surface area contributed by atoms with Gasteiger partial charge < -0.3 is 10.1 Å². The Kier molecular flexibility index (Phi) is 3.75. The van der Waals surface area contributed by atoms with E-state index in [9.17, 15) is 4.79 Å². The Bertz CT molecular complexity index is 572. The molecular formula is C14H15ClN2O2S. The maximum Gasteiger partial charge on any atom is 0.264 e. The maximum absolute atomic E-state index is 12.2. The average molecular weight is 311 g/mol. The summed E-state index contributed by atoms with van der Waals surface area (Å²) in [5.74, 6) is 0.127. The zero-order chi connectivity index (χ0) is 14.2. The van der Waals surface area contributed by atoms with Crippen molar-refractivity contribution in [2.45, 2.75) is 18.1 Å². The van der Waals surface area contributed by atoms with Crippen molar-refractivity contribution in [2.24, 2.45) is 10.9 Å². The molecule has 0 spiro atoms. The van der Waals surface area contributed by atoms with Crippen LogP contribution >= 0.6 is 23.4 Å². The van der Waals surface area contributed by atoms with Gasteiger partial charge >= 0.3 is 0 Å². The minimum Gasteiger partial charge on any atom is -0.381 e. The second-order valence-electron chi connectivity index (χ2n) is 5.10. The van der Waals surface area contributed by atoms with Gasteiger partial charge in [-0.25, -0.2) is 0 Å². The summed E-state index contributed by atoms with van der Waals surface area (Å²) >= 11 is 7.58. The number of hydrogen-bond acceptors (Lipinski definition) is 4. The highest BCUT2D eigenvalue weighted by atomic mass is 35.5. The number of hydrogen-bond donors (Lipinski definition) is 1. The van der Waals surface area contributed by atoms with Crippen molar-refractivity contribution >= 4 is 40.1 Å². The first-order valence-electron chi connectivity index (χ1n) is 6.51. The van der Waals surface area contributed by atoms with Gasteiger partial charge in [0.05, 0.1) is 17.3 Å². The lowest BCUT2D eigenvalue weighted by Gasteiger charge is -2.25. The molecule has 2 aliphatic rings. The first-order valence-corrected chi connectivity index (χ1v) is 7.70. The topological polar surface area (TPSA) is 50.7 Å². The van der Waals surface area contributed by atoms with E-state index in [0.29, 0.717) is 16.8 Å². The normalized spacial score (nSPS) is 29.6. The number of nitrogens with one attached hydrogen (secondary N) is 1. The van der Waals surface area contributed by atoms with Crippen LogP contribution < -0.4 is 5.32 Å². The number of aliphatic imine (C=N–C) groups is 1. The number of thioether (sulfide) groups is 1. The van der Waals surface area contributed by atoms with Gasteiger partial charge in [-0.2, -0.15) is 4.99 Å². The van der Waals surface area contributed by atoms with Gasteiger partial charge in [-0.05, 0) is 25.5 Å². The van der Waals surface area contributed by atoms with Gasteiger partial charge in [-0.1, -0.05) is 35.5 Å². The number of carbonyl (C=O) groups is 1. The van der Waals surface area contributed by atoms with E-state index in [2.05, 4.69) is 10.3 Å². The lowest BCUT2D eigenvalue weighted by molar-refractivity contribution is -0.120. The first kappa shape index (κ1) is 13.9. The Morgan fingerprint density at radius 3 is 3.00 bits per heavy atom. The molecule has 1 amide bonds. The van der Waals surface area contributed by atoms with E-state index in [1.807, 2.05) is 25.1 Å². The zero-order valence-electron chi connectivity index (χ0n) is 11.1. The molecular weight excluding hydrogens is 296 g/mol. The molecule has 2 atom stereocenters. The molecule has 20 heavy (non-hydrogen) atoms. The van der Waals surface area contributed by atoms with Crippen LogP contribution in [-0.2, 0) is 9.53 Å². The van der Waals surface area contributed by atoms with E-state index in [4.69, 9.17) is 16.3 Å². The Labute approximate surface area is 126 Å². The van der Waals surface area contributed by atoms with Gasteiger partial charge in [0.15, 0.2) is 5.17 Å². The molecule has 106 valence electrons. The Balaban J connectivity index is 1.76. The number of ether oxygens (including phenoxy) is 1. The molecule has 0 bridgehead atoms. The summed E-state index contributed by atoms with van der Waals surface area (Å²) in [5.41, 5.74) is 0.764. The third-order valence-electron chi connectivity index (χ3n) is 3.76. The van der Waals surface area contributed by atoms with Gasteiger partial charge in [-0.15, -0.1) is 0 Å². The first-order chi connectivity index (χ1) is 9.59. The molecule has 1 aromatic carbocycles. The van der Waals surface area contributed by atoms with Gasteiger partial charge in [-0.3, -0.25) is 4.79 Å². The lowest BCUT2D eigenvalue weighted by Crippen LogP contribution is -2.37. The molecule has 0 aromatic heterocycles. The van der Waals surface area contributed by atoms with E-state index >= 15 is 0 Å². The van der Waals surface area contributed by atoms with Crippen molar-refractivity contribution in [1.82, 2.24) is 0 Å². The Hall–Kier alpha value is -1.04. The molecule has 4 nitrogen and oxygen atoms in total. The van der Waals surface area contributed by atoms with Crippen molar-refractivity contribution in [3.8, 4) is 0 Å². The van der Waals surface area contributed by atoms with Gasteiger partial charge in [0, 0.05) is 12.5 Å². The predicted molar refractivity (Wildman–Crippen MR) is 82.4 cm³/mol. The van der Waals surface area contributed by atoms with E-state index in [0.717, 1.165) is 18.7 Å². The van der Waals surface area contributed by atoms with Crippen LogP contribution in [0.25, 0.3) is 0 Å². The second-order valence-corrected chi connectivity index (χ2v) is 6.94. The van der Waals surface area contributed by atoms with E-state index < -0.39 is 4.75 Å². The van der Waals surface area contributed by atoms with E-state index in [-0.39, 0.29) is 11.8 Å². The number of amidine groups is 1. The van der Waals surface area contributed by atoms with Crippen LogP contribution in [0.3, 0.4) is 0 Å². The minimum absolute atomic E-state index is 0.0902. The van der Waals surface area contributed by atoms with Crippen LogP contribution in [0.2, 0.25) is 5.02 Å². The molecule has 2 heterocycles. The summed E-state index contributed by atoms with van der Waals surface area (Å²) in [6.45, 7) is 3.30. The Morgan fingerprint density at radius 2 is 2.30 bits per heavy atom. The van der Waals surface area contributed by atoms with E-state index in [1.165, 1.54) is 11.8 Å². The molecule has 0 saturated carbocycles. The molecule has 0 radical (unpaired) electrons. The van der Waals surface area contributed by atoms with Gasteiger partial charge in [0.1, 0.15) is 4.75 Å². The smallest absolute Gasteiger partial charge is 0.264 e. The van der Waals surface area contributed by atoms with Gasteiger partial charge in [0.25, 0.3) is 5.91 Å².